The maximum atomic E-state index is 14.0. The van der Waals surface area contributed by atoms with Gasteiger partial charge in [-0.15, -0.1) is 10.2 Å². The van der Waals surface area contributed by atoms with Gasteiger partial charge in [-0.1, -0.05) is 11.6 Å². The fourth-order valence-corrected chi connectivity index (χ4v) is 5.63. The zero-order valence-corrected chi connectivity index (χ0v) is 20.0. The number of nitrogens with zero attached hydrogens (tertiary/aromatic N) is 7. The maximum Gasteiger partial charge on any atom is 0.232 e. The second kappa shape index (κ2) is 9.19. The smallest absolute Gasteiger partial charge is 0.232 e. The highest BCUT2D eigenvalue weighted by Gasteiger charge is 2.33. The Kier molecular flexibility index (Phi) is 5.88. The topological polar surface area (TPSA) is 83.1 Å². The van der Waals surface area contributed by atoms with Gasteiger partial charge in [0.15, 0.2) is 5.82 Å². The van der Waals surface area contributed by atoms with Crippen LogP contribution in [-0.2, 0) is 17.8 Å². The number of nitriles is 1. The number of piperidine rings is 1. The number of fused-ring (bicyclic) bond motifs is 3. The molecule has 10 heteroatoms. The molecule has 0 bridgehead atoms. The molecule has 0 unspecified atom stereocenters. The molecule has 2 fully saturated rings. The van der Waals surface area contributed by atoms with Gasteiger partial charge in [0, 0.05) is 43.2 Å². The second-order valence-corrected chi connectivity index (χ2v) is 9.82. The van der Waals surface area contributed by atoms with Gasteiger partial charge in [-0.25, -0.2) is 4.98 Å². The number of hydrogen-bond donors (Lipinski definition) is 0. The van der Waals surface area contributed by atoms with Gasteiger partial charge in [-0.05, 0) is 55.2 Å². The zero-order valence-electron chi connectivity index (χ0n) is 19.2. The van der Waals surface area contributed by atoms with Crippen molar-refractivity contribution in [2.24, 2.45) is 0 Å². The molecule has 6 rings (SSSR count). The van der Waals surface area contributed by atoms with Crippen LogP contribution in [-0.4, -0.2) is 57.0 Å². The van der Waals surface area contributed by atoms with Crippen LogP contribution >= 0.6 is 11.6 Å². The average Bonchev–Trinajstić information content (AvgIpc) is 3.52. The molecule has 2 saturated heterocycles. The average molecular weight is 494 g/mol. The Labute approximate surface area is 207 Å². The molecule has 0 N–H and O–H groups in total. The van der Waals surface area contributed by atoms with Crippen LogP contribution in [0, 0.1) is 17.3 Å². The predicted molar refractivity (Wildman–Crippen MR) is 128 cm³/mol. The van der Waals surface area contributed by atoms with Gasteiger partial charge in [0.05, 0.1) is 18.8 Å². The number of benzene rings is 1. The molecule has 3 aliphatic heterocycles. The lowest BCUT2D eigenvalue weighted by Crippen LogP contribution is -2.34. The van der Waals surface area contributed by atoms with Crippen LogP contribution in [0.1, 0.15) is 48.0 Å². The molecule has 0 aliphatic carbocycles. The summed E-state index contributed by atoms with van der Waals surface area (Å²) in [6.45, 7) is 4.48. The standard InChI is InChI=1S/C25H25ClFN7O/c26-19-2-3-21-18(11-19)13-33(20-7-10-35-15-20)14-23-30-31-25(34(21)23)16-5-8-32(9-6-16)22-4-1-17(12-28)24(27)29-22/h1-4,11,16,20H,5-10,13-15H2/t20-/m0/s1. The molecule has 2 aromatic heterocycles. The fourth-order valence-electron chi connectivity index (χ4n) is 5.43. The minimum absolute atomic E-state index is 0.0354. The summed E-state index contributed by atoms with van der Waals surface area (Å²) in [5.74, 6) is 1.97. The highest BCUT2D eigenvalue weighted by molar-refractivity contribution is 6.30. The van der Waals surface area contributed by atoms with Gasteiger partial charge in [-0.2, -0.15) is 9.65 Å². The van der Waals surface area contributed by atoms with Crippen molar-refractivity contribution in [3.05, 3.63) is 64.1 Å². The number of aromatic nitrogens is 4. The summed E-state index contributed by atoms with van der Waals surface area (Å²) in [6.07, 6.45) is 2.72. The second-order valence-electron chi connectivity index (χ2n) is 9.39. The molecule has 1 atom stereocenters. The van der Waals surface area contributed by atoms with E-state index >= 15 is 0 Å². The molecule has 0 amide bonds. The van der Waals surface area contributed by atoms with Gasteiger partial charge in [-0.3, -0.25) is 9.47 Å². The Morgan fingerprint density at radius 3 is 2.69 bits per heavy atom. The number of pyridine rings is 1. The molecule has 0 spiro atoms. The van der Waals surface area contributed by atoms with E-state index in [2.05, 4.69) is 35.6 Å². The van der Waals surface area contributed by atoms with E-state index in [4.69, 9.17) is 21.6 Å². The van der Waals surface area contributed by atoms with Crippen molar-refractivity contribution in [2.75, 3.05) is 31.2 Å². The molecule has 3 aliphatic rings. The lowest BCUT2D eigenvalue weighted by atomic mass is 9.95. The van der Waals surface area contributed by atoms with Crippen LogP contribution in [0.15, 0.2) is 30.3 Å². The summed E-state index contributed by atoms with van der Waals surface area (Å²) in [7, 11) is 0. The first kappa shape index (κ1) is 22.4. The normalized spacial score (nSPS) is 20.8. The molecule has 1 aromatic carbocycles. The summed E-state index contributed by atoms with van der Waals surface area (Å²) >= 11 is 6.39. The van der Waals surface area contributed by atoms with Crippen molar-refractivity contribution >= 4 is 17.4 Å². The Morgan fingerprint density at radius 1 is 1.09 bits per heavy atom. The largest absolute Gasteiger partial charge is 0.380 e. The van der Waals surface area contributed by atoms with Gasteiger partial charge in [0.2, 0.25) is 5.95 Å². The van der Waals surface area contributed by atoms with Crippen molar-refractivity contribution in [1.82, 2.24) is 24.6 Å². The van der Waals surface area contributed by atoms with Crippen LogP contribution in [0.4, 0.5) is 10.2 Å². The Balaban J connectivity index is 1.28. The van der Waals surface area contributed by atoms with Crippen molar-refractivity contribution in [2.45, 2.75) is 44.3 Å². The van der Waals surface area contributed by atoms with Crippen LogP contribution in [0.25, 0.3) is 5.69 Å². The molecule has 35 heavy (non-hydrogen) atoms. The van der Waals surface area contributed by atoms with Crippen LogP contribution in [0.2, 0.25) is 5.02 Å². The fraction of sp³-hybridized carbons (Fsp3) is 0.440. The molecule has 8 nitrogen and oxygen atoms in total. The molecule has 180 valence electrons. The quantitative estimate of drug-likeness (QED) is 0.513. The van der Waals surface area contributed by atoms with Gasteiger partial charge >= 0.3 is 0 Å². The minimum Gasteiger partial charge on any atom is -0.380 e. The predicted octanol–water partition coefficient (Wildman–Crippen LogP) is 3.81. The third kappa shape index (κ3) is 4.16. The number of hydrogen-bond acceptors (Lipinski definition) is 7. The molecule has 5 heterocycles. The van der Waals surface area contributed by atoms with Crippen molar-refractivity contribution in [3.63, 3.8) is 0 Å². The first-order valence-electron chi connectivity index (χ1n) is 12.0. The van der Waals surface area contributed by atoms with E-state index in [-0.39, 0.29) is 11.5 Å². The molecular weight excluding hydrogens is 469 g/mol. The van der Waals surface area contributed by atoms with Crippen LogP contribution in [0.3, 0.4) is 0 Å². The summed E-state index contributed by atoms with van der Waals surface area (Å²) in [5.41, 5.74) is 2.22. The summed E-state index contributed by atoms with van der Waals surface area (Å²) < 4.78 is 21.9. The summed E-state index contributed by atoms with van der Waals surface area (Å²) in [5, 5.41) is 19.0. The Morgan fingerprint density at radius 2 is 1.94 bits per heavy atom. The molecule has 0 saturated carbocycles. The minimum atomic E-state index is -0.720. The van der Waals surface area contributed by atoms with E-state index in [0.29, 0.717) is 18.4 Å². The summed E-state index contributed by atoms with van der Waals surface area (Å²) in [6, 6.07) is 11.4. The van der Waals surface area contributed by atoms with Crippen LogP contribution < -0.4 is 4.90 Å². The molecule has 0 radical (unpaired) electrons. The van der Waals surface area contributed by atoms with E-state index < -0.39 is 5.95 Å². The molecular formula is C25H25ClFN7O. The Bertz CT molecular complexity index is 1290. The maximum absolute atomic E-state index is 14.0. The van der Waals surface area contributed by atoms with Gasteiger partial charge in [0.25, 0.3) is 0 Å². The lowest BCUT2D eigenvalue weighted by Gasteiger charge is -2.32. The zero-order chi connectivity index (χ0) is 23.9. The highest BCUT2D eigenvalue weighted by atomic mass is 35.5. The van der Waals surface area contributed by atoms with E-state index in [1.54, 1.807) is 6.07 Å². The van der Waals surface area contributed by atoms with Crippen molar-refractivity contribution < 1.29 is 9.13 Å². The van der Waals surface area contributed by atoms with E-state index in [1.807, 2.05) is 18.2 Å². The SMILES string of the molecule is N#Cc1ccc(N2CCC(c3nnc4n3-c3ccc(Cl)cc3CN([C@H]3CCOC3)C4)CC2)nc1F. The van der Waals surface area contributed by atoms with Gasteiger partial charge in [0.1, 0.15) is 23.3 Å². The number of halogens is 2. The van der Waals surface area contributed by atoms with Gasteiger partial charge < -0.3 is 9.64 Å². The number of rotatable bonds is 3. The number of anilines is 1. The van der Waals surface area contributed by atoms with Crippen molar-refractivity contribution in [1.29, 1.82) is 5.26 Å². The van der Waals surface area contributed by atoms with Crippen LogP contribution in [0.5, 0.6) is 0 Å². The molecule has 3 aromatic rings. The highest BCUT2D eigenvalue weighted by Crippen LogP contribution is 2.35. The third-order valence-corrected chi connectivity index (χ3v) is 7.55. The first-order valence-corrected chi connectivity index (χ1v) is 12.3. The van der Waals surface area contributed by atoms with E-state index in [1.165, 1.54) is 11.6 Å². The lowest BCUT2D eigenvalue weighted by molar-refractivity contribution is 0.133. The monoisotopic (exact) mass is 493 g/mol. The third-order valence-electron chi connectivity index (χ3n) is 7.32. The van der Waals surface area contributed by atoms with E-state index in [0.717, 1.165) is 74.5 Å². The first-order chi connectivity index (χ1) is 17.1. The van der Waals surface area contributed by atoms with E-state index in [9.17, 15) is 4.39 Å². The van der Waals surface area contributed by atoms with Crippen molar-refractivity contribution in [3.8, 4) is 11.8 Å². The Hall–Kier alpha value is -3.06. The summed E-state index contributed by atoms with van der Waals surface area (Å²) in [4.78, 5) is 8.49. The number of ether oxygens (including phenoxy) is 1.